The van der Waals surface area contributed by atoms with Crippen LogP contribution in [0.1, 0.15) is 18.6 Å². The lowest BCUT2D eigenvalue weighted by Crippen LogP contribution is -1.93. The molecule has 20 heavy (non-hydrogen) atoms. The minimum absolute atomic E-state index is 0.0470. The first kappa shape index (κ1) is 14.3. The van der Waals surface area contributed by atoms with Crippen molar-refractivity contribution >= 4 is 17.3 Å². The molecule has 0 saturated carbocycles. The molecule has 6 heteroatoms. The number of nitro benzene ring substituents is 1. The third-order valence-electron chi connectivity index (χ3n) is 2.69. The van der Waals surface area contributed by atoms with Crippen molar-refractivity contribution in [2.75, 3.05) is 0 Å². The molecule has 0 aliphatic rings. The number of nitro groups is 1. The molecule has 0 fully saturated rings. The van der Waals surface area contributed by atoms with Gasteiger partial charge in [0.25, 0.3) is 5.69 Å². The van der Waals surface area contributed by atoms with Crippen molar-refractivity contribution in [3.05, 3.63) is 63.2 Å². The molecule has 0 amide bonds. The molecule has 1 unspecified atom stereocenters. The summed E-state index contributed by atoms with van der Waals surface area (Å²) >= 11 is 6.02. The van der Waals surface area contributed by atoms with E-state index in [1.54, 1.807) is 37.3 Å². The molecule has 0 aliphatic carbocycles. The first-order valence-electron chi connectivity index (χ1n) is 5.87. The van der Waals surface area contributed by atoms with Crippen molar-refractivity contribution in [3.63, 3.8) is 0 Å². The zero-order valence-corrected chi connectivity index (χ0v) is 11.4. The Hall–Kier alpha value is -2.11. The van der Waals surface area contributed by atoms with E-state index in [0.29, 0.717) is 22.1 Å². The molecule has 0 bridgehead atoms. The van der Waals surface area contributed by atoms with Gasteiger partial charge in [-0.05, 0) is 30.7 Å². The lowest BCUT2D eigenvalue weighted by atomic mass is 10.1. The summed E-state index contributed by atoms with van der Waals surface area (Å²) in [6.07, 6.45) is -0.672. The number of non-ortho nitro benzene ring substituents is 1. The molecule has 0 aromatic heterocycles. The molecule has 2 rings (SSSR count). The maximum Gasteiger partial charge on any atom is 0.273 e. The van der Waals surface area contributed by atoms with E-state index in [9.17, 15) is 15.2 Å². The number of benzene rings is 2. The average molecular weight is 294 g/mol. The third-order valence-corrected chi connectivity index (χ3v) is 3.01. The van der Waals surface area contributed by atoms with Gasteiger partial charge in [0, 0.05) is 6.07 Å². The van der Waals surface area contributed by atoms with Gasteiger partial charge in [0.05, 0.1) is 22.1 Å². The van der Waals surface area contributed by atoms with Gasteiger partial charge in [-0.2, -0.15) is 0 Å². The van der Waals surface area contributed by atoms with Crippen LogP contribution in [0.25, 0.3) is 0 Å². The van der Waals surface area contributed by atoms with Gasteiger partial charge in [-0.15, -0.1) is 0 Å². The van der Waals surface area contributed by atoms with Crippen molar-refractivity contribution in [2.24, 2.45) is 0 Å². The van der Waals surface area contributed by atoms with E-state index >= 15 is 0 Å². The second kappa shape index (κ2) is 5.90. The number of aliphatic hydroxyl groups is 1. The SMILES string of the molecule is CC(O)c1ccc(Oc2cccc([N+](=O)[O-])c2)cc1Cl. The molecule has 2 aromatic carbocycles. The Morgan fingerprint density at radius 2 is 1.95 bits per heavy atom. The van der Waals surface area contributed by atoms with E-state index in [-0.39, 0.29) is 5.69 Å². The molecule has 0 radical (unpaired) electrons. The molecule has 2 aromatic rings. The van der Waals surface area contributed by atoms with Gasteiger partial charge >= 0.3 is 0 Å². The van der Waals surface area contributed by atoms with E-state index in [1.807, 2.05) is 0 Å². The molecule has 0 saturated heterocycles. The lowest BCUT2D eigenvalue weighted by Gasteiger charge is -2.10. The minimum Gasteiger partial charge on any atom is -0.457 e. The first-order valence-corrected chi connectivity index (χ1v) is 6.25. The van der Waals surface area contributed by atoms with Crippen LogP contribution in [0.5, 0.6) is 11.5 Å². The highest BCUT2D eigenvalue weighted by Gasteiger charge is 2.10. The number of aliphatic hydroxyl groups excluding tert-OH is 1. The zero-order valence-electron chi connectivity index (χ0n) is 10.6. The Balaban J connectivity index is 2.24. The summed E-state index contributed by atoms with van der Waals surface area (Å²) in [4.78, 5) is 10.2. The Bertz CT molecular complexity index is 643. The Kier molecular flexibility index (Phi) is 4.22. The molecule has 0 spiro atoms. The van der Waals surface area contributed by atoms with Gasteiger partial charge in [0.1, 0.15) is 11.5 Å². The van der Waals surface area contributed by atoms with Crippen molar-refractivity contribution in [1.82, 2.24) is 0 Å². The lowest BCUT2D eigenvalue weighted by molar-refractivity contribution is -0.384. The standard InChI is InChI=1S/C14H12ClNO4/c1-9(17)13-6-5-12(8-14(13)15)20-11-4-2-3-10(7-11)16(18)19/h2-9,17H,1H3. The second-order valence-electron chi connectivity index (χ2n) is 4.22. The summed E-state index contributed by atoms with van der Waals surface area (Å²) in [6.45, 7) is 1.61. The van der Waals surface area contributed by atoms with Gasteiger partial charge in [-0.3, -0.25) is 10.1 Å². The monoisotopic (exact) mass is 293 g/mol. The predicted molar refractivity (Wildman–Crippen MR) is 75.3 cm³/mol. The summed E-state index contributed by atoms with van der Waals surface area (Å²) in [7, 11) is 0. The minimum atomic E-state index is -0.672. The van der Waals surface area contributed by atoms with E-state index in [2.05, 4.69) is 0 Å². The largest absolute Gasteiger partial charge is 0.457 e. The van der Waals surface area contributed by atoms with Crippen LogP contribution in [0.3, 0.4) is 0 Å². The molecule has 5 nitrogen and oxygen atoms in total. The second-order valence-corrected chi connectivity index (χ2v) is 4.62. The van der Waals surface area contributed by atoms with E-state index in [0.717, 1.165) is 0 Å². The molecule has 1 N–H and O–H groups in total. The van der Waals surface area contributed by atoms with Crippen molar-refractivity contribution < 1.29 is 14.8 Å². The van der Waals surface area contributed by atoms with Crippen LogP contribution in [-0.2, 0) is 0 Å². The van der Waals surface area contributed by atoms with E-state index < -0.39 is 11.0 Å². The fourth-order valence-electron chi connectivity index (χ4n) is 1.71. The smallest absolute Gasteiger partial charge is 0.273 e. The fraction of sp³-hybridized carbons (Fsp3) is 0.143. The van der Waals surface area contributed by atoms with Gasteiger partial charge in [0.2, 0.25) is 0 Å². The molecule has 0 aliphatic heterocycles. The molecule has 1 atom stereocenters. The average Bonchev–Trinajstić information content (AvgIpc) is 2.38. The number of hydrogen-bond donors (Lipinski definition) is 1. The predicted octanol–water partition coefficient (Wildman–Crippen LogP) is 4.09. The number of rotatable bonds is 4. The Morgan fingerprint density at radius 3 is 2.55 bits per heavy atom. The summed E-state index contributed by atoms with van der Waals surface area (Å²) in [5.74, 6) is 0.792. The topological polar surface area (TPSA) is 72.6 Å². The van der Waals surface area contributed by atoms with Crippen LogP contribution in [0, 0.1) is 10.1 Å². The summed E-state index contributed by atoms with van der Waals surface area (Å²) in [6, 6.07) is 10.7. The highest BCUT2D eigenvalue weighted by molar-refractivity contribution is 6.31. The van der Waals surface area contributed by atoms with Gasteiger partial charge < -0.3 is 9.84 Å². The summed E-state index contributed by atoms with van der Waals surface area (Å²) < 4.78 is 5.51. The molecule has 104 valence electrons. The molecule has 0 heterocycles. The Labute approximate surface area is 120 Å². The van der Waals surface area contributed by atoms with Gasteiger partial charge in [0.15, 0.2) is 0 Å². The number of ether oxygens (including phenoxy) is 1. The van der Waals surface area contributed by atoms with Crippen LogP contribution >= 0.6 is 11.6 Å². The summed E-state index contributed by atoms with van der Waals surface area (Å²) in [5, 5.41) is 20.5. The van der Waals surface area contributed by atoms with Crippen LogP contribution in [-0.4, -0.2) is 10.0 Å². The number of halogens is 1. The third kappa shape index (κ3) is 3.26. The summed E-state index contributed by atoms with van der Waals surface area (Å²) in [5.41, 5.74) is 0.548. The molecular weight excluding hydrogens is 282 g/mol. The number of hydrogen-bond acceptors (Lipinski definition) is 4. The molecular formula is C14H12ClNO4. The normalized spacial score (nSPS) is 11.9. The van der Waals surface area contributed by atoms with Crippen LogP contribution in [0.4, 0.5) is 5.69 Å². The van der Waals surface area contributed by atoms with E-state index in [4.69, 9.17) is 16.3 Å². The van der Waals surface area contributed by atoms with Crippen molar-refractivity contribution in [3.8, 4) is 11.5 Å². The highest BCUT2D eigenvalue weighted by atomic mass is 35.5. The van der Waals surface area contributed by atoms with Crippen LogP contribution < -0.4 is 4.74 Å². The number of nitrogens with zero attached hydrogens (tertiary/aromatic N) is 1. The highest BCUT2D eigenvalue weighted by Crippen LogP contribution is 2.30. The zero-order chi connectivity index (χ0) is 14.7. The maximum atomic E-state index is 10.7. The fourth-order valence-corrected chi connectivity index (χ4v) is 2.04. The Morgan fingerprint density at radius 1 is 1.25 bits per heavy atom. The van der Waals surface area contributed by atoms with Crippen LogP contribution in [0.2, 0.25) is 5.02 Å². The van der Waals surface area contributed by atoms with Gasteiger partial charge in [-0.1, -0.05) is 23.7 Å². The van der Waals surface area contributed by atoms with Crippen molar-refractivity contribution in [1.29, 1.82) is 0 Å². The van der Waals surface area contributed by atoms with Crippen molar-refractivity contribution in [2.45, 2.75) is 13.0 Å². The quantitative estimate of drug-likeness (QED) is 0.680. The van der Waals surface area contributed by atoms with E-state index in [1.165, 1.54) is 12.1 Å². The van der Waals surface area contributed by atoms with Crippen LogP contribution in [0.15, 0.2) is 42.5 Å². The maximum absolute atomic E-state index is 10.7. The first-order chi connectivity index (χ1) is 9.47. The van der Waals surface area contributed by atoms with Gasteiger partial charge in [-0.25, -0.2) is 0 Å².